The van der Waals surface area contributed by atoms with Gasteiger partial charge in [0.2, 0.25) is 15.9 Å². The summed E-state index contributed by atoms with van der Waals surface area (Å²) in [7, 11) is -3.99. The molecule has 2 aromatic carbocycles. The van der Waals surface area contributed by atoms with Crippen LogP contribution in [0.5, 0.6) is 0 Å². The molecule has 1 atom stereocenters. The fourth-order valence-corrected chi connectivity index (χ4v) is 5.50. The van der Waals surface area contributed by atoms with E-state index in [2.05, 4.69) is 5.32 Å². The minimum atomic E-state index is -3.99. The summed E-state index contributed by atoms with van der Waals surface area (Å²) in [4.78, 5) is 24.9. The molecule has 3 rings (SSSR count). The Morgan fingerprint density at radius 3 is 2.35 bits per heavy atom. The summed E-state index contributed by atoms with van der Waals surface area (Å²) < 4.78 is 54.6. The average molecular weight is 470 g/mol. The van der Waals surface area contributed by atoms with E-state index in [4.69, 9.17) is 0 Å². The topological polar surface area (TPSA) is 88.5 Å². The number of carbonyl (C=O) groups is 1. The number of anilines is 2. The zero-order valence-electron chi connectivity index (χ0n) is 17.2. The summed E-state index contributed by atoms with van der Waals surface area (Å²) in [6, 6.07) is 6.27. The number of hydrogen-bond acceptors (Lipinski definition) is 5. The quantitative estimate of drug-likeness (QED) is 0.596. The number of hydrogen-bond donors (Lipinski definition) is 1. The van der Waals surface area contributed by atoms with Crippen molar-refractivity contribution in [2.45, 2.75) is 32.9 Å². The van der Waals surface area contributed by atoms with Crippen molar-refractivity contribution in [1.82, 2.24) is 4.57 Å². The first-order valence-electron chi connectivity index (χ1n) is 9.30. The third-order valence-electron chi connectivity index (χ3n) is 4.64. The van der Waals surface area contributed by atoms with Gasteiger partial charge in [-0.2, -0.15) is 0 Å². The summed E-state index contributed by atoms with van der Waals surface area (Å²) in [5.74, 6) is -3.03. The van der Waals surface area contributed by atoms with Crippen molar-refractivity contribution in [3.8, 4) is 0 Å². The van der Waals surface area contributed by atoms with Crippen LogP contribution >= 0.6 is 11.3 Å². The van der Waals surface area contributed by atoms with Gasteiger partial charge in [0.1, 0.15) is 6.04 Å². The number of halogens is 2. The molecule has 0 saturated carbocycles. The molecule has 0 spiro atoms. The van der Waals surface area contributed by atoms with Crippen LogP contribution in [0, 0.1) is 11.6 Å². The van der Waals surface area contributed by atoms with Crippen molar-refractivity contribution in [3.63, 3.8) is 0 Å². The van der Waals surface area contributed by atoms with Crippen LogP contribution in [0.4, 0.5) is 20.2 Å². The molecule has 11 heteroatoms. The van der Waals surface area contributed by atoms with Gasteiger partial charge in [-0.1, -0.05) is 11.3 Å². The smallest absolute Gasteiger partial charge is 0.308 e. The minimum absolute atomic E-state index is 0.0267. The molecule has 1 heterocycles. The number of thiazole rings is 1. The Bertz CT molecular complexity index is 1320. The van der Waals surface area contributed by atoms with Crippen molar-refractivity contribution in [3.05, 3.63) is 57.7 Å². The van der Waals surface area contributed by atoms with E-state index >= 15 is 0 Å². The summed E-state index contributed by atoms with van der Waals surface area (Å²) >= 11 is 1.04. The third kappa shape index (κ3) is 4.62. The number of nitrogens with one attached hydrogen (secondary N) is 1. The van der Waals surface area contributed by atoms with E-state index < -0.39 is 33.6 Å². The molecule has 0 saturated heterocycles. The Labute approximate surface area is 182 Å². The van der Waals surface area contributed by atoms with Gasteiger partial charge in [0, 0.05) is 17.8 Å². The summed E-state index contributed by atoms with van der Waals surface area (Å²) in [5.41, 5.74) is 0.933. The standard InChI is InChI=1S/C20H21F2N3O4S2/c1-11(2)24-17-8-5-13(9-18(17)30-20(24)27)23-19(26)12(3)25(31(4,28)29)14-6-7-15(21)16(22)10-14/h5-12H,1-4H3,(H,23,26)/t12-/m1/s1. The Hall–Kier alpha value is -2.79. The van der Waals surface area contributed by atoms with Crippen LogP contribution in [0.15, 0.2) is 41.2 Å². The normalized spacial score (nSPS) is 12.9. The average Bonchev–Trinajstić information content (AvgIpc) is 2.98. The molecule has 0 fully saturated rings. The zero-order valence-corrected chi connectivity index (χ0v) is 18.9. The van der Waals surface area contributed by atoms with Crippen LogP contribution in [-0.4, -0.2) is 31.2 Å². The monoisotopic (exact) mass is 469 g/mol. The highest BCUT2D eigenvalue weighted by molar-refractivity contribution is 7.92. The highest BCUT2D eigenvalue weighted by Crippen LogP contribution is 2.26. The lowest BCUT2D eigenvalue weighted by molar-refractivity contribution is -0.116. The van der Waals surface area contributed by atoms with E-state index in [0.717, 1.165) is 45.6 Å². The fraction of sp³-hybridized carbons (Fsp3) is 0.300. The second-order valence-corrected chi connectivity index (χ2v) is 10.2. The molecule has 1 amide bonds. The maximum Gasteiger partial charge on any atom is 0.308 e. The molecule has 3 aromatic rings. The number of benzene rings is 2. The Kier molecular flexibility index (Phi) is 6.19. The molecule has 0 unspecified atom stereocenters. The Balaban J connectivity index is 1.92. The van der Waals surface area contributed by atoms with E-state index in [1.165, 1.54) is 6.92 Å². The number of amides is 1. The predicted molar refractivity (Wildman–Crippen MR) is 118 cm³/mol. The molecular formula is C20H21F2N3O4S2. The van der Waals surface area contributed by atoms with E-state index in [1.54, 1.807) is 22.8 Å². The van der Waals surface area contributed by atoms with Crippen LogP contribution in [-0.2, 0) is 14.8 Å². The van der Waals surface area contributed by atoms with Crippen LogP contribution in [0.25, 0.3) is 10.2 Å². The molecule has 0 aliphatic carbocycles. The van der Waals surface area contributed by atoms with Crippen LogP contribution < -0.4 is 14.5 Å². The number of nitrogens with zero attached hydrogens (tertiary/aromatic N) is 2. The number of carbonyl (C=O) groups excluding carboxylic acids is 1. The molecule has 0 radical (unpaired) electrons. The Morgan fingerprint density at radius 2 is 1.77 bits per heavy atom. The number of sulfonamides is 1. The van der Waals surface area contributed by atoms with Gasteiger partial charge in [-0.15, -0.1) is 0 Å². The van der Waals surface area contributed by atoms with Gasteiger partial charge in [-0.25, -0.2) is 17.2 Å². The van der Waals surface area contributed by atoms with Crippen molar-refractivity contribution in [2.24, 2.45) is 0 Å². The molecule has 0 aliphatic rings. The van der Waals surface area contributed by atoms with Crippen LogP contribution in [0.3, 0.4) is 0 Å². The first-order valence-corrected chi connectivity index (χ1v) is 12.0. The van der Waals surface area contributed by atoms with Gasteiger partial charge >= 0.3 is 4.87 Å². The molecule has 166 valence electrons. The van der Waals surface area contributed by atoms with Gasteiger partial charge in [-0.05, 0) is 51.1 Å². The molecular weight excluding hydrogens is 448 g/mol. The first kappa shape index (κ1) is 22.9. The fourth-order valence-electron chi connectivity index (χ4n) is 3.28. The van der Waals surface area contributed by atoms with Crippen molar-refractivity contribution < 1.29 is 22.0 Å². The number of fused-ring (bicyclic) bond motifs is 1. The highest BCUT2D eigenvalue weighted by Gasteiger charge is 2.30. The van der Waals surface area contributed by atoms with E-state index in [0.29, 0.717) is 10.4 Å². The molecule has 0 aliphatic heterocycles. The number of rotatable bonds is 6. The van der Waals surface area contributed by atoms with Gasteiger partial charge in [0.15, 0.2) is 11.6 Å². The molecule has 31 heavy (non-hydrogen) atoms. The zero-order chi connectivity index (χ0) is 23.1. The molecule has 7 nitrogen and oxygen atoms in total. The second-order valence-electron chi connectivity index (χ2n) is 7.34. The van der Waals surface area contributed by atoms with Crippen molar-refractivity contribution in [2.75, 3.05) is 15.9 Å². The van der Waals surface area contributed by atoms with E-state index in [1.807, 2.05) is 13.8 Å². The van der Waals surface area contributed by atoms with Gasteiger partial charge < -0.3 is 5.32 Å². The summed E-state index contributed by atoms with van der Waals surface area (Å²) in [6.45, 7) is 5.12. The third-order valence-corrected chi connectivity index (χ3v) is 6.80. The maximum absolute atomic E-state index is 13.7. The largest absolute Gasteiger partial charge is 0.324 e. The number of aromatic nitrogens is 1. The van der Waals surface area contributed by atoms with Crippen molar-refractivity contribution >= 4 is 48.9 Å². The van der Waals surface area contributed by atoms with E-state index in [-0.39, 0.29) is 16.6 Å². The lowest BCUT2D eigenvalue weighted by Crippen LogP contribution is -2.45. The Morgan fingerprint density at radius 1 is 1.10 bits per heavy atom. The minimum Gasteiger partial charge on any atom is -0.324 e. The van der Waals surface area contributed by atoms with Crippen LogP contribution in [0.1, 0.15) is 26.8 Å². The predicted octanol–water partition coefficient (Wildman–Crippen LogP) is 3.72. The SMILES string of the molecule is CC(C)n1c(=O)sc2cc(NC(=O)[C@@H](C)N(c3ccc(F)c(F)c3)S(C)(=O)=O)ccc21. The summed E-state index contributed by atoms with van der Waals surface area (Å²) in [5, 5.41) is 2.62. The summed E-state index contributed by atoms with van der Waals surface area (Å²) in [6.07, 6.45) is 0.871. The van der Waals surface area contributed by atoms with Crippen molar-refractivity contribution in [1.29, 1.82) is 0 Å². The first-order chi connectivity index (χ1) is 14.4. The van der Waals surface area contributed by atoms with Crippen LogP contribution in [0.2, 0.25) is 0 Å². The molecule has 1 N–H and O–H groups in total. The molecule has 0 bridgehead atoms. The maximum atomic E-state index is 13.7. The second kappa shape index (κ2) is 8.39. The molecule has 1 aromatic heterocycles. The van der Waals surface area contributed by atoms with Gasteiger partial charge in [0.25, 0.3) is 0 Å². The van der Waals surface area contributed by atoms with Gasteiger partial charge in [0.05, 0.1) is 22.2 Å². The highest BCUT2D eigenvalue weighted by atomic mass is 32.2. The lowest BCUT2D eigenvalue weighted by Gasteiger charge is -2.28. The van der Waals surface area contributed by atoms with E-state index in [9.17, 15) is 26.8 Å². The van der Waals surface area contributed by atoms with Gasteiger partial charge in [-0.3, -0.25) is 18.5 Å². The lowest BCUT2D eigenvalue weighted by atomic mass is 10.2.